The fraction of sp³-hybridized carbons (Fsp3) is 0.889. The van der Waals surface area contributed by atoms with E-state index < -0.39 is 0 Å². The van der Waals surface area contributed by atoms with Crippen LogP contribution >= 0.6 is 15.9 Å². The van der Waals surface area contributed by atoms with Crippen molar-refractivity contribution in [3.63, 3.8) is 0 Å². The second kappa shape index (κ2) is 2.55. The number of ketones is 1. The van der Waals surface area contributed by atoms with Crippen LogP contribution in [0, 0.1) is 11.8 Å². The van der Waals surface area contributed by atoms with Crippen LogP contribution in [0.3, 0.4) is 0 Å². The van der Waals surface area contributed by atoms with E-state index in [1.807, 2.05) is 0 Å². The molecule has 3 fully saturated rings. The summed E-state index contributed by atoms with van der Waals surface area (Å²) in [4.78, 5) is 11.5. The Morgan fingerprint density at radius 1 is 1.38 bits per heavy atom. The SMILES string of the molecule is O=C1C[C@@H]2[C@@H](CC23OCCO3)[C@@H]1Br. The van der Waals surface area contributed by atoms with Crippen molar-refractivity contribution in [1.82, 2.24) is 0 Å². The van der Waals surface area contributed by atoms with E-state index in [9.17, 15) is 4.79 Å². The Hall–Kier alpha value is 0.0700. The largest absolute Gasteiger partial charge is 0.347 e. The van der Waals surface area contributed by atoms with Crippen LogP contribution in [-0.4, -0.2) is 29.6 Å². The molecule has 3 aliphatic rings. The molecular weight excluding hydrogens is 236 g/mol. The lowest BCUT2D eigenvalue weighted by Crippen LogP contribution is -2.54. The number of halogens is 1. The van der Waals surface area contributed by atoms with E-state index in [0.717, 1.165) is 6.42 Å². The fourth-order valence-corrected chi connectivity index (χ4v) is 3.51. The fourth-order valence-electron chi connectivity index (χ4n) is 2.77. The predicted molar refractivity (Wildman–Crippen MR) is 48.6 cm³/mol. The second-order valence-corrected chi connectivity index (χ2v) is 5.04. The summed E-state index contributed by atoms with van der Waals surface area (Å²) in [5, 5.41) is 0. The molecule has 0 unspecified atom stereocenters. The van der Waals surface area contributed by atoms with Crippen molar-refractivity contribution in [3.05, 3.63) is 0 Å². The molecule has 1 aliphatic heterocycles. The minimum atomic E-state index is -0.372. The highest BCUT2D eigenvalue weighted by atomic mass is 79.9. The lowest BCUT2D eigenvalue weighted by Gasteiger charge is -2.48. The molecule has 2 saturated carbocycles. The zero-order valence-electron chi connectivity index (χ0n) is 7.16. The molecule has 0 radical (unpaired) electrons. The summed E-state index contributed by atoms with van der Waals surface area (Å²) in [5.74, 6) is 0.700. The van der Waals surface area contributed by atoms with Crippen LogP contribution in [0.4, 0.5) is 0 Å². The molecule has 1 saturated heterocycles. The number of Topliss-reactive ketones (excluding diaryl/α,β-unsaturated/α-hetero) is 1. The van der Waals surface area contributed by atoms with Gasteiger partial charge < -0.3 is 9.47 Å². The number of ether oxygens (including phenoxy) is 2. The van der Waals surface area contributed by atoms with Gasteiger partial charge in [-0.1, -0.05) is 15.9 Å². The molecule has 0 bridgehead atoms. The van der Waals surface area contributed by atoms with Crippen LogP contribution in [0.25, 0.3) is 0 Å². The Morgan fingerprint density at radius 2 is 2.08 bits per heavy atom. The van der Waals surface area contributed by atoms with E-state index in [0.29, 0.717) is 37.3 Å². The maximum absolute atomic E-state index is 11.4. The summed E-state index contributed by atoms with van der Waals surface area (Å²) >= 11 is 3.43. The highest BCUT2D eigenvalue weighted by molar-refractivity contribution is 9.10. The van der Waals surface area contributed by atoms with Gasteiger partial charge in [-0.25, -0.2) is 0 Å². The van der Waals surface area contributed by atoms with Gasteiger partial charge in [0.05, 0.1) is 18.0 Å². The number of fused-ring (bicyclic) bond motifs is 2. The zero-order valence-corrected chi connectivity index (χ0v) is 8.75. The molecule has 1 spiro atoms. The maximum atomic E-state index is 11.4. The van der Waals surface area contributed by atoms with Gasteiger partial charge >= 0.3 is 0 Å². The molecular formula is C9H11BrO3. The minimum absolute atomic E-state index is 0.0518. The van der Waals surface area contributed by atoms with Gasteiger partial charge in [0.25, 0.3) is 0 Å². The minimum Gasteiger partial charge on any atom is -0.347 e. The summed E-state index contributed by atoms with van der Waals surface area (Å²) in [5.41, 5.74) is 0. The van der Waals surface area contributed by atoms with Crippen molar-refractivity contribution in [2.75, 3.05) is 13.2 Å². The van der Waals surface area contributed by atoms with Gasteiger partial charge in [-0.15, -0.1) is 0 Å². The first-order chi connectivity index (χ1) is 6.23. The number of hydrogen-bond donors (Lipinski definition) is 0. The molecule has 0 aromatic carbocycles. The third kappa shape index (κ3) is 0.941. The first-order valence-electron chi connectivity index (χ1n) is 4.68. The van der Waals surface area contributed by atoms with Crippen molar-refractivity contribution in [2.45, 2.75) is 23.5 Å². The third-order valence-corrected chi connectivity index (χ3v) is 4.67. The second-order valence-electron chi connectivity index (χ2n) is 4.06. The molecule has 72 valence electrons. The van der Waals surface area contributed by atoms with Gasteiger partial charge in [0.15, 0.2) is 5.79 Å². The van der Waals surface area contributed by atoms with Crippen molar-refractivity contribution < 1.29 is 14.3 Å². The number of carbonyl (C=O) groups is 1. The average molecular weight is 247 g/mol. The summed E-state index contributed by atoms with van der Waals surface area (Å²) in [7, 11) is 0. The Bertz CT molecular complexity index is 260. The van der Waals surface area contributed by atoms with Gasteiger partial charge in [0, 0.05) is 18.8 Å². The number of carbonyl (C=O) groups excluding carboxylic acids is 1. The average Bonchev–Trinajstić information content (AvgIpc) is 2.65. The molecule has 2 aliphatic carbocycles. The van der Waals surface area contributed by atoms with Gasteiger partial charge in [-0.2, -0.15) is 0 Å². The van der Waals surface area contributed by atoms with E-state index in [-0.39, 0.29) is 10.6 Å². The Kier molecular flexibility index (Phi) is 1.65. The first-order valence-corrected chi connectivity index (χ1v) is 5.59. The van der Waals surface area contributed by atoms with Gasteiger partial charge in [0.1, 0.15) is 5.78 Å². The lowest BCUT2D eigenvalue weighted by atomic mass is 9.70. The van der Waals surface area contributed by atoms with Gasteiger partial charge in [-0.3, -0.25) is 4.79 Å². The Morgan fingerprint density at radius 3 is 2.69 bits per heavy atom. The zero-order chi connectivity index (χ0) is 9.05. The summed E-state index contributed by atoms with van der Waals surface area (Å²) in [6.45, 7) is 1.37. The summed E-state index contributed by atoms with van der Waals surface area (Å²) in [6.07, 6.45) is 1.51. The van der Waals surface area contributed by atoms with Crippen molar-refractivity contribution in [3.8, 4) is 0 Å². The summed E-state index contributed by atoms with van der Waals surface area (Å²) < 4.78 is 11.2. The number of hydrogen-bond acceptors (Lipinski definition) is 3. The van der Waals surface area contributed by atoms with E-state index in [2.05, 4.69) is 15.9 Å². The third-order valence-electron chi connectivity index (χ3n) is 3.48. The van der Waals surface area contributed by atoms with Gasteiger partial charge in [0.2, 0.25) is 0 Å². The standard InChI is InChI=1S/C9H11BrO3/c10-8-5-4-9(12-1-2-13-9)6(5)3-7(8)11/h5-6,8H,1-4H2/t5-,6-,8+/m1/s1. The topological polar surface area (TPSA) is 35.5 Å². The van der Waals surface area contributed by atoms with Gasteiger partial charge in [-0.05, 0) is 5.92 Å². The number of rotatable bonds is 0. The molecule has 3 rings (SSSR count). The van der Waals surface area contributed by atoms with E-state index in [1.165, 1.54) is 0 Å². The smallest absolute Gasteiger partial charge is 0.172 e. The molecule has 0 aromatic rings. The lowest BCUT2D eigenvalue weighted by molar-refractivity contribution is -0.266. The van der Waals surface area contributed by atoms with E-state index in [4.69, 9.17) is 9.47 Å². The molecule has 3 atom stereocenters. The molecule has 0 amide bonds. The van der Waals surface area contributed by atoms with Crippen LogP contribution < -0.4 is 0 Å². The predicted octanol–water partition coefficient (Wildman–Crippen LogP) is 1.10. The van der Waals surface area contributed by atoms with Crippen LogP contribution in [0.2, 0.25) is 0 Å². The van der Waals surface area contributed by atoms with Crippen LogP contribution in [-0.2, 0) is 14.3 Å². The Labute approximate surface area is 84.9 Å². The molecule has 4 heteroatoms. The molecule has 3 nitrogen and oxygen atoms in total. The maximum Gasteiger partial charge on any atom is 0.172 e. The van der Waals surface area contributed by atoms with Crippen molar-refractivity contribution in [1.29, 1.82) is 0 Å². The quantitative estimate of drug-likeness (QED) is 0.601. The van der Waals surface area contributed by atoms with Crippen molar-refractivity contribution >= 4 is 21.7 Å². The molecule has 0 N–H and O–H groups in total. The molecule has 1 heterocycles. The van der Waals surface area contributed by atoms with Crippen LogP contribution in [0.5, 0.6) is 0 Å². The Balaban J connectivity index is 1.83. The first kappa shape index (κ1) is 8.38. The molecule has 13 heavy (non-hydrogen) atoms. The number of alkyl halides is 1. The highest BCUT2D eigenvalue weighted by Crippen LogP contribution is 2.57. The van der Waals surface area contributed by atoms with E-state index >= 15 is 0 Å². The van der Waals surface area contributed by atoms with Crippen LogP contribution in [0.15, 0.2) is 0 Å². The van der Waals surface area contributed by atoms with E-state index in [1.54, 1.807) is 0 Å². The normalized spacial score (nSPS) is 46.5. The molecule has 0 aromatic heterocycles. The monoisotopic (exact) mass is 246 g/mol. The summed E-state index contributed by atoms with van der Waals surface area (Å²) in [6, 6.07) is 0. The highest BCUT2D eigenvalue weighted by Gasteiger charge is 2.64. The van der Waals surface area contributed by atoms with Crippen LogP contribution in [0.1, 0.15) is 12.8 Å². The van der Waals surface area contributed by atoms with Crippen molar-refractivity contribution in [2.24, 2.45) is 11.8 Å².